The highest BCUT2D eigenvalue weighted by atomic mass is 16.7. The Balaban J connectivity index is 2.64. The van der Waals surface area contributed by atoms with Gasteiger partial charge < -0.3 is 9.68 Å². The van der Waals surface area contributed by atoms with Gasteiger partial charge in [0.1, 0.15) is 12.1 Å². The zero-order chi connectivity index (χ0) is 15.5. The molecule has 0 unspecified atom stereocenters. The lowest BCUT2D eigenvalue weighted by Crippen LogP contribution is -2.09. The van der Waals surface area contributed by atoms with Crippen LogP contribution in [0.1, 0.15) is 11.1 Å². The highest BCUT2D eigenvalue weighted by Crippen LogP contribution is 2.05. The predicted molar refractivity (Wildman–Crippen MR) is 77.6 cm³/mol. The minimum Gasteiger partial charge on any atom is -0.384 e. The Morgan fingerprint density at radius 1 is 1.24 bits per heavy atom. The fourth-order valence-corrected chi connectivity index (χ4v) is 1.27. The van der Waals surface area contributed by atoms with Crippen LogP contribution in [0, 0.1) is 29.6 Å². The Labute approximate surface area is 122 Å². The number of rotatable bonds is 6. The van der Waals surface area contributed by atoms with Crippen molar-refractivity contribution in [3.05, 3.63) is 35.4 Å². The minimum absolute atomic E-state index is 0.143. The maximum atomic E-state index is 8.50. The van der Waals surface area contributed by atoms with Crippen molar-refractivity contribution in [3.63, 3.8) is 0 Å². The van der Waals surface area contributed by atoms with Crippen LogP contribution in [0.25, 0.3) is 0 Å². The first-order chi connectivity index (χ1) is 10.2. The molecule has 1 rings (SSSR count). The molecule has 0 N–H and O–H groups in total. The molecule has 0 atom stereocenters. The molecule has 0 amide bonds. The summed E-state index contributed by atoms with van der Waals surface area (Å²) in [5.41, 5.74) is 1.76. The lowest BCUT2D eigenvalue weighted by atomic mass is 10.1. The molecular formula is C14H13N5O2. The first-order valence-corrected chi connectivity index (χ1v) is 5.91. The van der Waals surface area contributed by atoms with Crippen LogP contribution >= 0.6 is 0 Å². The van der Waals surface area contributed by atoms with E-state index >= 15 is 0 Å². The van der Waals surface area contributed by atoms with Crippen molar-refractivity contribution in [2.45, 2.75) is 13.5 Å². The summed E-state index contributed by atoms with van der Waals surface area (Å²) in [6.45, 7) is 5.41. The second-order valence-corrected chi connectivity index (χ2v) is 3.85. The summed E-state index contributed by atoms with van der Waals surface area (Å²) in [6.07, 6.45) is 0. The molecule has 0 aliphatic heterocycles. The standard InChI is InChI=1S/C14H13N5O2/c1-11-3-5-12(6-4-11)9-18-14(21-17-2)10-20-19-13(7-15)8-16/h3-6H,2,9-10H2,1H3/b18-14-. The summed E-state index contributed by atoms with van der Waals surface area (Å²) in [6, 6.07) is 11.0. The van der Waals surface area contributed by atoms with E-state index in [1.54, 1.807) is 12.1 Å². The predicted octanol–water partition coefficient (Wildman–Crippen LogP) is 1.95. The van der Waals surface area contributed by atoms with E-state index in [1.807, 2.05) is 31.2 Å². The van der Waals surface area contributed by atoms with E-state index in [4.69, 9.17) is 20.2 Å². The van der Waals surface area contributed by atoms with Gasteiger partial charge in [-0.05, 0) is 12.5 Å². The Kier molecular flexibility index (Phi) is 6.67. The molecule has 7 nitrogen and oxygen atoms in total. The summed E-state index contributed by atoms with van der Waals surface area (Å²) >= 11 is 0. The van der Waals surface area contributed by atoms with Gasteiger partial charge >= 0.3 is 0 Å². The number of nitrogens with zero attached hydrogens (tertiary/aromatic N) is 5. The van der Waals surface area contributed by atoms with E-state index in [0.717, 1.165) is 11.1 Å². The van der Waals surface area contributed by atoms with Gasteiger partial charge in [-0.15, -0.1) is 0 Å². The second kappa shape index (κ2) is 8.83. The molecule has 0 heterocycles. The average Bonchev–Trinajstić information content (AvgIpc) is 2.50. The number of hydrogen-bond acceptors (Lipinski definition) is 7. The van der Waals surface area contributed by atoms with Crippen molar-refractivity contribution in [3.8, 4) is 12.1 Å². The Morgan fingerprint density at radius 2 is 1.90 bits per heavy atom. The molecule has 21 heavy (non-hydrogen) atoms. The fourth-order valence-electron chi connectivity index (χ4n) is 1.27. The number of benzene rings is 1. The third kappa shape index (κ3) is 5.99. The van der Waals surface area contributed by atoms with Crippen molar-refractivity contribution in [1.82, 2.24) is 0 Å². The molecule has 0 saturated carbocycles. The number of aryl methyl sites for hydroxylation is 1. The SMILES string of the molecule is C=NO/C(CON=C(C#N)C#N)=N\Cc1ccc(C)cc1. The lowest BCUT2D eigenvalue weighted by Gasteiger charge is -2.03. The van der Waals surface area contributed by atoms with Crippen LogP contribution in [0.5, 0.6) is 0 Å². The molecule has 106 valence electrons. The second-order valence-electron chi connectivity index (χ2n) is 3.85. The van der Waals surface area contributed by atoms with Gasteiger partial charge in [0.05, 0.1) is 6.54 Å². The molecule has 1 aromatic rings. The summed E-state index contributed by atoms with van der Waals surface area (Å²) in [4.78, 5) is 13.8. The molecule has 0 bridgehead atoms. The van der Waals surface area contributed by atoms with Crippen molar-refractivity contribution >= 4 is 18.3 Å². The first kappa shape index (κ1) is 15.9. The molecular weight excluding hydrogens is 270 g/mol. The molecule has 1 aromatic carbocycles. The third-order valence-electron chi connectivity index (χ3n) is 2.28. The maximum absolute atomic E-state index is 8.50. The lowest BCUT2D eigenvalue weighted by molar-refractivity contribution is 0.161. The number of nitriles is 2. The van der Waals surface area contributed by atoms with Gasteiger partial charge in [-0.1, -0.05) is 40.1 Å². The van der Waals surface area contributed by atoms with Crippen molar-refractivity contribution in [2.75, 3.05) is 6.61 Å². The molecule has 0 radical (unpaired) electrons. The smallest absolute Gasteiger partial charge is 0.261 e. The highest BCUT2D eigenvalue weighted by Gasteiger charge is 2.03. The highest BCUT2D eigenvalue weighted by molar-refractivity contribution is 6.09. The van der Waals surface area contributed by atoms with Crippen molar-refractivity contribution < 1.29 is 9.68 Å². The van der Waals surface area contributed by atoms with Crippen LogP contribution in [0.2, 0.25) is 0 Å². The van der Waals surface area contributed by atoms with Gasteiger partial charge in [-0.2, -0.15) is 10.5 Å². The van der Waals surface area contributed by atoms with E-state index in [2.05, 4.69) is 22.0 Å². The summed E-state index contributed by atoms with van der Waals surface area (Å²) in [5.74, 6) is 0.143. The van der Waals surface area contributed by atoms with E-state index in [9.17, 15) is 0 Å². The maximum Gasteiger partial charge on any atom is 0.261 e. The van der Waals surface area contributed by atoms with E-state index in [0.29, 0.717) is 6.54 Å². The van der Waals surface area contributed by atoms with E-state index in [1.165, 1.54) is 0 Å². The van der Waals surface area contributed by atoms with Crippen LogP contribution in [-0.4, -0.2) is 24.9 Å². The Bertz CT molecular complexity index is 604. The molecule has 7 heteroatoms. The molecule has 0 aliphatic rings. The third-order valence-corrected chi connectivity index (χ3v) is 2.28. The van der Waals surface area contributed by atoms with Gasteiger partial charge in [-0.3, -0.25) is 0 Å². The van der Waals surface area contributed by atoms with Crippen LogP contribution in [-0.2, 0) is 16.2 Å². The van der Waals surface area contributed by atoms with Gasteiger partial charge in [-0.25, -0.2) is 4.99 Å². The molecule has 0 fully saturated rings. The number of hydrogen-bond donors (Lipinski definition) is 0. The van der Waals surface area contributed by atoms with Gasteiger partial charge in [0.15, 0.2) is 6.61 Å². The quantitative estimate of drug-likeness (QED) is 0.452. The van der Waals surface area contributed by atoms with Crippen molar-refractivity contribution in [2.24, 2.45) is 15.3 Å². The minimum atomic E-state index is -0.389. The fraction of sp³-hybridized carbons (Fsp3) is 0.214. The molecule has 0 aliphatic carbocycles. The normalized spacial score (nSPS) is 9.95. The van der Waals surface area contributed by atoms with Crippen molar-refractivity contribution in [1.29, 1.82) is 10.5 Å². The van der Waals surface area contributed by atoms with Gasteiger partial charge in [0.25, 0.3) is 11.6 Å². The molecule has 0 spiro atoms. The monoisotopic (exact) mass is 283 g/mol. The summed E-state index contributed by atoms with van der Waals surface area (Å²) in [7, 11) is 0. The number of aliphatic imine (C=N–C) groups is 1. The molecule has 0 aromatic heterocycles. The van der Waals surface area contributed by atoms with Gasteiger partial charge in [0.2, 0.25) is 0 Å². The number of oxime groups is 2. The van der Waals surface area contributed by atoms with E-state index < -0.39 is 0 Å². The van der Waals surface area contributed by atoms with Gasteiger partial charge in [0, 0.05) is 6.72 Å². The van der Waals surface area contributed by atoms with Crippen LogP contribution in [0.4, 0.5) is 0 Å². The van der Waals surface area contributed by atoms with Crippen LogP contribution < -0.4 is 0 Å². The molecule has 0 saturated heterocycles. The zero-order valence-electron chi connectivity index (χ0n) is 11.5. The average molecular weight is 283 g/mol. The summed E-state index contributed by atoms with van der Waals surface area (Å²) in [5, 5.41) is 23.6. The topological polar surface area (TPSA) is 103 Å². The Morgan fingerprint density at radius 3 is 2.48 bits per heavy atom. The largest absolute Gasteiger partial charge is 0.384 e. The summed E-state index contributed by atoms with van der Waals surface area (Å²) < 4.78 is 0. The zero-order valence-corrected chi connectivity index (χ0v) is 11.5. The van der Waals surface area contributed by atoms with E-state index in [-0.39, 0.29) is 18.2 Å². The van der Waals surface area contributed by atoms with Crippen LogP contribution in [0.3, 0.4) is 0 Å². The first-order valence-electron chi connectivity index (χ1n) is 5.91. The van der Waals surface area contributed by atoms with Crippen LogP contribution in [0.15, 0.2) is 39.6 Å². The Hall–Kier alpha value is -3.19.